The SMILES string of the molecule is CNCC1(C)CCN(c2nc(C)cs2)C1. The summed E-state index contributed by atoms with van der Waals surface area (Å²) in [6, 6.07) is 0. The lowest BCUT2D eigenvalue weighted by atomic mass is 9.90. The largest absolute Gasteiger partial charge is 0.347 e. The number of hydrogen-bond acceptors (Lipinski definition) is 4. The Morgan fingerprint density at radius 3 is 3.07 bits per heavy atom. The first-order valence-electron chi connectivity index (χ1n) is 5.45. The molecule has 1 aromatic heterocycles. The summed E-state index contributed by atoms with van der Waals surface area (Å²) in [7, 11) is 2.03. The average molecular weight is 225 g/mol. The topological polar surface area (TPSA) is 28.2 Å². The second kappa shape index (κ2) is 4.10. The highest BCUT2D eigenvalue weighted by Crippen LogP contribution is 2.33. The Hall–Kier alpha value is -0.610. The predicted octanol–water partition coefficient (Wildman–Crippen LogP) is 1.89. The molecule has 1 fully saturated rings. The molecule has 1 atom stereocenters. The number of rotatable bonds is 3. The monoisotopic (exact) mass is 225 g/mol. The standard InChI is InChI=1S/C11H19N3S/c1-9-6-15-10(13-9)14-5-4-11(2,8-14)7-12-3/h6,12H,4-5,7-8H2,1-3H3. The molecule has 2 rings (SSSR count). The summed E-state index contributed by atoms with van der Waals surface area (Å²) in [5.41, 5.74) is 1.55. The Labute approximate surface area is 95.5 Å². The zero-order valence-corrected chi connectivity index (χ0v) is 10.5. The highest BCUT2D eigenvalue weighted by molar-refractivity contribution is 7.13. The third-order valence-electron chi connectivity index (χ3n) is 3.04. The van der Waals surface area contributed by atoms with E-state index in [2.05, 4.69) is 34.4 Å². The van der Waals surface area contributed by atoms with E-state index >= 15 is 0 Å². The van der Waals surface area contributed by atoms with Crippen LogP contribution in [-0.4, -0.2) is 31.7 Å². The zero-order valence-electron chi connectivity index (χ0n) is 9.71. The Morgan fingerprint density at radius 1 is 1.67 bits per heavy atom. The van der Waals surface area contributed by atoms with Crippen molar-refractivity contribution >= 4 is 16.5 Å². The van der Waals surface area contributed by atoms with Gasteiger partial charge >= 0.3 is 0 Å². The lowest BCUT2D eigenvalue weighted by Gasteiger charge is -2.23. The van der Waals surface area contributed by atoms with E-state index in [1.165, 1.54) is 11.6 Å². The molecule has 1 saturated heterocycles. The number of nitrogens with zero attached hydrogens (tertiary/aromatic N) is 2. The second-order valence-electron chi connectivity index (χ2n) is 4.78. The number of nitrogens with one attached hydrogen (secondary N) is 1. The van der Waals surface area contributed by atoms with Crippen LogP contribution in [0.25, 0.3) is 0 Å². The van der Waals surface area contributed by atoms with Gasteiger partial charge in [-0.05, 0) is 25.8 Å². The molecule has 1 unspecified atom stereocenters. The molecule has 4 heteroatoms. The van der Waals surface area contributed by atoms with Crippen LogP contribution in [0.3, 0.4) is 0 Å². The zero-order chi connectivity index (χ0) is 10.9. The molecular formula is C11H19N3S. The Balaban J connectivity index is 2.03. The van der Waals surface area contributed by atoms with Crippen LogP contribution in [-0.2, 0) is 0 Å². The quantitative estimate of drug-likeness (QED) is 0.851. The summed E-state index contributed by atoms with van der Waals surface area (Å²) >= 11 is 1.76. The van der Waals surface area contributed by atoms with E-state index in [1.54, 1.807) is 11.3 Å². The third kappa shape index (κ3) is 2.32. The van der Waals surface area contributed by atoms with Gasteiger partial charge in [-0.15, -0.1) is 11.3 Å². The van der Waals surface area contributed by atoms with Crippen LogP contribution in [0, 0.1) is 12.3 Å². The maximum absolute atomic E-state index is 4.54. The van der Waals surface area contributed by atoms with Gasteiger partial charge in [0.1, 0.15) is 0 Å². The highest BCUT2D eigenvalue weighted by Gasteiger charge is 2.34. The smallest absolute Gasteiger partial charge is 0.185 e. The number of anilines is 1. The highest BCUT2D eigenvalue weighted by atomic mass is 32.1. The van der Waals surface area contributed by atoms with Gasteiger partial charge < -0.3 is 10.2 Å². The van der Waals surface area contributed by atoms with Crippen molar-refractivity contribution in [2.75, 3.05) is 31.6 Å². The van der Waals surface area contributed by atoms with E-state index in [0.29, 0.717) is 5.41 Å². The summed E-state index contributed by atoms with van der Waals surface area (Å²) in [6.07, 6.45) is 1.26. The van der Waals surface area contributed by atoms with E-state index in [4.69, 9.17) is 0 Å². The van der Waals surface area contributed by atoms with Gasteiger partial charge in [0.15, 0.2) is 5.13 Å². The Kier molecular flexibility index (Phi) is 2.98. The molecule has 2 heterocycles. The van der Waals surface area contributed by atoms with Crippen LogP contribution in [0.2, 0.25) is 0 Å². The second-order valence-corrected chi connectivity index (χ2v) is 5.62. The Morgan fingerprint density at radius 2 is 2.47 bits per heavy atom. The lowest BCUT2D eigenvalue weighted by molar-refractivity contribution is 0.356. The van der Waals surface area contributed by atoms with Gasteiger partial charge in [0.05, 0.1) is 5.69 Å². The van der Waals surface area contributed by atoms with Crippen molar-refractivity contribution in [1.29, 1.82) is 0 Å². The molecular weight excluding hydrogens is 206 g/mol. The van der Waals surface area contributed by atoms with Crippen molar-refractivity contribution in [3.63, 3.8) is 0 Å². The molecule has 15 heavy (non-hydrogen) atoms. The van der Waals surface area contributed by atoms with Crippen molar-refractivity contribution in [2.45, 2.75) is 20.3 Å². The maximum Gasteiger partial charge on any atom is 0.185 e. The van der Waals surface area contributed by atoms with Crippen molar-refractivity contribution in [3.8, 4) is 0 Å². The predicted molar refractivity (Wildman–Crippen MR) is 65.7 cm³/mol. The fourth-order valence-electron chi connectivity index (χ4n) is 2.24. The summed E-state index contributed by atoms with van der Waals surface area (Å²) < 4.78 is 0. The van der Waals surface area contributed by atoms with E-state index in [1.807, 2.05) is 7.05 Å². The van der Waals surface area contributed by atoms with Gasteiger partial charge in [0.2, 0.25) is 0 Å². The van der Waals surface area contributed by atoms with Gasteiger partial charge in [-0.2, -0.15) is 0 Å². The van der Waals surface area contributed by atoms with Crippen molar-refractivity contribution in [1.82, 2.24) is 10.3 Å². The number of aryl methyl sites for hydroxylation is 1. The van der Waals surface area contributed by atoms with Crippen molar-refractivity contribution in [3.05, 3.63) is 11.1 Å². The number of aromatic nitrogens is 1. The summed E-state index contributed by atoms with van der Waals surface area (Å²) in [5, 5.41) is 6.60. The minimum atomic E-state index is 0.411. The van der Waals surface area contributed by atoms with Gasteiger partial charge in [0.25, 0.3) is 0 Å². The molecule has 0 bridgehead atoms. The maximum atomic E-state index is 4.54. The minimum absolute atomic E-state index is 0.411. The van der Waals surface area contributed by atoms with Crippen LogP contribution in [0.4, 0.5) is 5.13 Å². The molecule has 84 valence electrons. The van der Waals surface area contributed by atoms with E-state index in [-0.39, 0.29) is 0 Å². The number of hydrogen-bond donors (Lipinski definition) is 1. The minimum Gasteiger partial charge on any atom is -0.347 e. The molecule has 0 spiro atoms. The fourth-order valence-corrected chi connectivity index (χ4v) is 3.08. The van der Waals surface area contributed by atoms with Crippen LogP contribution in [0.5, 0.6) is 0 Å². The van der Waals surface area contributed by atoms with Crippen molar-refractivity contribution < 1.29 is 0 Å². The van der Waals surface area contributed by atoms with Crippen LogP contribution >= 0.6 is 11.3 Å². The van der Waals surface area contributed by atoms with Crippen molar-refractivity contribution in [2.24, 2.45) is 5.41 Å². The molecule has 0 aliphatic carbocycles. The average Bonchev–Trinajstić information content (AvgIpc) is 2.73. The van der Waals surface area contributed by atoms with E-state index < -0.39 is 0 Å². The van der Waals surface area contributed by atoms with Gasteiger partial charge in [-0.25, -0.2) is 4.98 Å². The molecule has 0 radical (unpaired) electrons. The first kappa shape index (κ1) is 10.9. The third-order valence-corrected chi connectivity index (χ3v) is 4.06. The molecule has 1 aliphatic rings. The summed E-state index contributed by atoms with van der Waals surface area (Å²) in [6.45, 7) is 7.77. The molecule has 0 saturated carbocycles. The summed E-state index contributed by atoms with van der Waals surface area (Å²) in [4.78, 5) is 6.95. The van der Waals surface area contributed by atoms with Gasteiger partial charge in [-0.1, -0.05) is 6.92 Å². The fraction of sp³-hybridized carbons (Fsp3) is 0.727. The van der Waals surface area contributed by atoms with Crippen LogP contribution in [0.15, 0.2) is 5.38 Å². The molecule has 1 aliphatic heterocycles. The first-order valence-corrected chi connectivity index (χ1v) is 6.33. The number of thiazole rings is 1. The van der Waals surface area contributed by atoms with Gasteiger partial charge in [0, 0.05) is 25.0 Å². The summed E-state index contributed by atoms with van der Waals surface area (Å²) in [5.74, 6) is 0. The normalized spacial score (nSPS) is 26.2. The lowest BCUT2D eigenvalue weighted by Crippen LogP contribution is -2.33. The van der Waals surface area contributed by atoms with Gasteiger partial charge in [-0.3, -0.25) is 0 Å². The molecule has 3 nitrogen and oxygen atoms in total. The van der Waals surface area contributed by atoms with E-state index in [9.17, 15) is 0 Å². The van der Waals surface area contributed by atoms with Crippen LogP contribution < -0.4 is 10.2 Å². The first-order chi connectivity index (χ1) is 7.13. The molecule has 1 aromatic rings. The van der Waals surface area contributed by atoms with E-state index in [0.717, 1.165) is 25.3 Å². The molecule has 0 amide bonds. The molecule has 0 aromatic carbocycles. The molecule has 1 N–H and O–H groups in total. The van der Waals surface area contributed by atoms with Crippen LogP contribution in [0.1, 0.15) is 19.0 Å². The Bertz CT molecular complexity index is 336.